The summed E-state index contributed by atoms with van der Waals surface area (Å²) in [6, 6.07) is 13.5. The molecule has 46 heavy (non-hydrogen) atoms. The third-order valence-electron chi connectivity index (χ3n) is 6.66. The van der Waals surface area contributed by atoms with Crippen LogP contribution in [0.3, 0.4) is 0 Å². The van der Waals surface area contributed by atoms with Crippen LogP contribution in [0.2, 0.25) is 0 Å². The van der Waals surface area contributed by atoms with Crippen LogP contribution >= 0.6 is 11.8 Å². The summed E-state index contributed by atoms with van der Waals surface area (Å²) in [4.78, 5) is 56.6. The predicted molar refractivity (Wildman–Crippen MR) is 185 cm³/mol. The fourth-order valence-corrected chi connectivity index (χ4v) is 5.22. The van der Waals surface area contributed by atoms with Gasteiger partial charge in [0.1, 0.15) is 29.3 Å². The molecule has 0 aliphatic rings. The number of carbonyl (C=O) groups excluding carboxylic acids is 4. The topological polar surface area (TPSA) is 114 Å². The first-order valence-electron chi connectivity index (χ1n) is 15.7. The van der Waals surface area contributed by atoms with E-state index in [-0.39, 0.29) is 13.0 Å². The van der Waals surface area contributed by atoms with Gasteiger partial charge in [-0.25, -0.2) is 9.59 Å². The van der Waals surface area contributed by atoms with Gasteiger partial charge in [-0.1, -0.05) is 68.1 Å². The molecule has 2 aromatic carbocycles. The number of esters is 1. The Hall–Kier alpha value is -3.79. The number of nitrogens with zero attached hydrogens (tertiary/aromatic N) is 1. The molecule has 2 N–H and O–H groups in total. The zero-order valence-corrected chi connectivity index (χ0v) is 29.4. The Morgan fingerprint density at radius 1 is 0.913 bits per heavy atom. The normalized spacial score (nSPS) is 13.5. The average Bonchev–Trinajstić information content (AvgIpc) is 2.97. The molecule has 0 saturated carbocycles. The van der Waals surface area contributed by atoms with E-state index in [1.807, 2.05) is 49.6 Å². The molecule has 2 rings (SSSR count). The van der Waals surface area contributed by atoms with Crippen LogP contribution in [0, 0.1) is 0 Å². The van der Waals surface area contributed by atoms with Crippen LogP contribution < -0.4 is 10.6 Å². The number of rotatable bonds is 15. The number of thioether (sulfide) groups is 1. The van der Waals surface area contributed by atoms with Gasteiger partial charge in [-0.3, -0.25) is 9.59 Å². The molecule has 252 valence electrons. The van der Waals surface area contributed by atoms with Gasteiger partial charge in [0.25, 0.3) is 0 Å². The van der Waals surface area contributed by atoms with Gasteiger partial charge in [-0.15, -0.1) is 0 Å². The SMILES string of the molecule is C=Cc1cccc(C(C(=O)NC(Cc2ccccc2)C(=O)OC(C)(C)C)N(CCC)C(=O)C(CCSC)NC(=O)OC(C)(C)C)c1. The molecule has 9 nitrogen and oxygen atoms in total. The molecule has 0 radical (unpaired) electrons. The van der Waals surface area contributed by atoms with Crippen molar-refractivity contribution in [1.29, 1.82) is 0 Å². The predicted octanol–water partition coefficient (Wildman–Crippen LogP) is 6.32. The van der Waals surface area contributed by atoms with E-state index in [2.05, 4.69) is 17.2 Å². The summed E-state index contributed by atoms with van der Waals surface area (Å²) in [7, 11) is 0. The number of nitrogens with one attached hydrogen (secondary N) is 2. The number of ether oxygens (including phenoxy) is 2. The highest BCUT2D eigenvalue weighted by Crippen LogP contribution is 2.26. The lowest BCUT2D eigenvalue weighted by Gasteiger charge is -2.35. The number of alkyl carbamates (subject to hydrolysis) is 1. The smallest absolute Gasteiger partial charge is 0.408 e. The van der Waals surface area contributed by atoms with Crippen molar-refractivity contribution in [3.05, 3.63) is 77.9 Å². The van der Waals surface area contributed by atoms with Crippen LogP contribution in [-0.4, -0.2) is 70.6 Å². The maximum atomic E-state index is 14.4. The van der Waals surface area contributed by atoms with Gasteiger partial charge in [-0.05, 0) is 89.1 Å². The monoisotopic (exact) mass is 653 g/mol. The molecule has 3 amide bonds. The van der Waals surface area contributed by atoms with Crippen molar-refractivity contribution in [2.45, 2.75) is 97.1 Å². The molecule has 0 saturated heterocycles. The first kappa shape index (κ1) is 38.4. The van der Waals surface area contributed by atoms with E-state index < -0.39 is 53.2 Å². The van der Waals surface area contributed by atoms with Crippen molar-refractivity contribution in [1.82, 2.24) is 15.5 Å². The summed E-state index contributed by atoms with van der Waals surface area (Å²) in [5.41, 5.74) is 0.599. The number of hydrogen-bond acceptors (Lipinski definition) is 7. The Morgan fingerprint density at radius 3 is 2.13 bits per heavy atom. The van der Waals surface area contributed by atoms with Gasteiger partial charge in [-0.2, -0.15) is 11.8 Å². The molecule has 10 heteroatoms. The van der Waals surface area contributed by atoms with Crippen molar-refractivity contribution in [3.8, 4) is 0 Å². The molecule has 3 unspecified atom stereocenters. The lowest BCUT2D eigenvalue weighted by Crippen LogP contribution is -2.55. The van der Waals surface area contributed by atoms with Crippen LogP contribution in [0.5, 0.6) is 0 Å². The van der Waals surface area contributed by atoms with Crippen LogP contribution in [-0.2, 0) is 30.3 Å². The van der Waals surface area contributed by atoms with Gasteiger partial charge in [0.2, 0.25) is 11.8 Å². The fraction of sp³-hybridized carbons (Fsp3) is 0.500. The second kappa shape index (κ2) is 17.8. The second-order valence-electron chi connectivity index (χ2n) is 13.1. The van der Waals surface area contributed by atoms with Crippen LogP contribution in [0.4, 0.5) is 4.79 Å². The second-order valence-corrected chi connectivity index (χ2v) is 14.1. The van der Waals surface area contributed by atoms with Crippen molar-refractivity contribution in [2.75, 3.05) is 18.6 Å². The highest BCUT2D eigenvalue weighted by molar-refractivity contribution is 7.98. The minimum absolute atomic E-state index is 0.194. The standard InChI is InChI=1S/C36H51N3O6S/c1-10-21-39(32(41)28(20-22-46-9)38-34(43)45-36(6,7)8)30(27-19-15-18-25(11-2)23-27)31(40)37-29(33(42)44-35(3,4)5)24-26-16-13-12-14-17-26/h11-19,23,28-30H,2,10,20-22,24H2,1,3-9H3,(H,37,40)(H,38,43). The molecule has 0 fully saturated rings. The summed E-state index contributed by atoms with van der Waals surface area (Å²) < 4.78 is 11.2. The fourth-order valence-electron chi connectivity index (χ4n) is 4.75. The van der Waals surface area contributed by atoms with Crippen LogP contribution in [0.1, 0.15) is 84.0 Å². The zero-order chi connectivity index (χ0) is 34.5. The van der Waals surface area contributed by atoms with Crippen molar-refractivity contribution in [3.63, 3.8) is 0 Å². The molecular weight excluding hydrogens is 602 g/mol. The van der Waals surface area contributed by atoms with E-state index >= 15 is 0 Å². The molecule has 0 aromatic heterocycles. The van der Waals surface area contributed by atoms with Gasteiger partial charge in [0.05, 0.1) is 0 Å². The molecule has 3 atom stereocenters. The Labute approximate surface area is 278 Å². The minimum Gasteiger partial charge on any atom is -0.458 e. The highest BCUT2D eigenvalue weighted by atomic mass is 32.2. The summed E-state index contributed by atoms with van der Waals surface area (Å²) in [5, 5.41) is 5.67. The highest BCUT2D eigenvalue weighted by Gasteiger charge is 2.38. The summed E-state index contributed by atoms with van der Waals surface area (Å²) in [6.45, 7) is 16.5. The van der Waals surface area contributed by atoms with E-state index in [9.17, 15) is 19.2 Å². The largest absolute Gasteiger partial charge is 0.458 e. The summed E-state index contributed by atoms with van der Waals surface area (Å²) in [5.74, 6) is -0.966. The van der Waals surface area contributed by atoms with E-state index in [1.165, 1.54) is 4.90 Å². The molecule has 0 aliphatic heterocycles. The van der Waals surface area contributed by atoms with Crippen molar-refractivity contribution in [2.24, 2.45) is 0 Å². The third kappa shape index (κ3) is 12.9. The van der Waals surface area contributed by atoms with Gasteiger partial charge in [0, 0.05) is 13.0 Å². The first-order chi connectivity index (χ1) is 21.6. The van der Waals surface area contributed by atoms with Gasteiger partial charge >= 0.3 is 12.1 Å². The maximum absolute atomic E-state index is 14.4. The molecule has 0 aliphatic carbocycles. The Morgan fingerprint density at radius 2 is 1.57 bits per heavy atom. The molecular formula is C36H51N3O6S. The summed E-state index contributed by atoms with van der Waals surface area (Å²) >= 11 is 1.54. The van der Waals surface area contributed by atoms with E-state index in [4.69, 9.17) is 9.47 Å². The average molecular weight is 654 g/mol. The Balaban J connectivity index is 2.60. The Kier molecular flexibility index (Phi) is 14.8. The quantitative estimate of drug-likeness (QED) is 0.216. The van der Waals surface area contributed by atoms with E-state index in [0.29, 0.717) is 24.2 Å². The zero-order valence-electron chi connectivity index (χ0n) is 28.6. The number of amides is 3. The maximum Gasteiger partial charge on any atom is 0.408 e. The van der Waals surface area contributed by atoms with Crippen molar-refractivity contribution < 1.29 is 28.7 Å². The van der Waals surface area contributed by atoms with E-state index in [0.717, 1.165) is 11.1 Å². The Bertz CT molecular complexity index is 1320. The van der Waals surface area contributed by atoms with Crippen molar-refractivity contribution >= 4 is 41.7 Å². The molecule has 2 aromatic rings. The lowest BCUT2D eigenvalue weighted by atomic mass is 9.98. The molecule has 0 bridgehead atoms. The van der Waals surface area contributed by atoms with Gasteiger partial charge < -0.3 is 25.0 Å². The third-order valence-corrected chi connectivity index (χ3v) is 7.30. The van der Waals surface area contributed by atoms with Crippen LogP contribution in [0.25, 0.3) is 6.08 Å². The van der Waals surface area contributed by atoms with Crippen LogP contribution in [0.15, 0.2) is 61.2 Å². The number of benzene rings is 2. The lowest BCUT2D eigenvalue weighted by molar-refractivity contribution is -0.159. The van der Waals surface area contributed by atoms with E-state index in [1.54, 1.807) is 77.6 Å². The number of hydrogen-bond donors (Lipinski definition) is 2. The summed E-state index contributed by atoms with van der Waals surface area (Å²) in [6.07, 6.45) is 3.92. The minimum atomic E-state index is -1.12. The molecule has 0 heterocycles. The molecule has 0 spiro atoms. The van der Waals surface area contributed by atoms with Gasteiger partial charge in [0.15, 0.2) is 0 Å². The first-order valence-corrected chi connectivity index (χ1v) is 17.1. The number of carbonyl (C=O) groups is 4.